The second-order valence-electron chi connectivity index (χ2n) is 3.42. The van der Waals surface area contributed by atoms with E-state index in [0.717, 1.165) is 12.8 Å². The van der Waals surface area contributed by atoms with Crippen LogP contribution in [0.4, 0.5) is 11.6 Å². The van der Waals surface area contributed by atoms with Crippen molar-refractivity contribution in [2.24, 2.45) is 0 Å². The number of aromatic nitrogens is 3. The van der Waals surface area contributed by atoms with Crippen LogP contribution in [0.15, 0.2) is 16.5 Å². The molecule has 2 heterocycles. The molecule has 16 heavy (non-hydrogen) atoms. The normalized spacial score (nSPS) is 10.6. The number of rotatable bonds is 3. The molecule has 84 valence electrons. The Morgan fingerprint density at radius 2 is 2.06 bits per heavy atom. The SMILES string of the molecule is CCCc1nnc(-c2ccc(N)nc2N)o1. The number of hydrogen-bond donors (Lipinski definition) is 2. The van der Waals surface area contributed by atoms with Gasteiger partial charge < -0.3 is 15.9 Å². The van der Waals surface area contributed by atoms with E-state index in [2.05, 4.69) is 15.2 Å². The molecular weight excluding hydrogens is 206 g/mol. The van der Waals surface area contributed by atoms with E-state index >= 15 is 0 Å². The highest BCUT2D eigenvalue weighted by atomic mass is 16.4. The van der Waals surface area contributed by atoms with Gasteiger partial charge in [-0.2, -0.15) is 0 Å². The molecule has 6 nitrogen and oxygen atoms in total. The molecule has 6 heteroatoms. The number of nitrogens with two attached hydrogens (primary N) is 2. The van der Waals surface area contributed by atoms with Gasteiger partial charge in [-0.1, -0.05) is 6.92 Å². The van der Waals surface area contributed by atoms with Crippen LogP contribution < -0.4 is 11.5 Å². The molecule has 0 spiro atoms. The lowest BCUT2D eigenvalue weighted by Gasteiger charge is -2.00. The molecular formula is C10H13N5O. The van der Waals surface area contributed by atoms with E-state index in [-0.39, 0.29) is 0 Å². The summed E-state index contributed by atoms with van der Waals surface area (Å²) in [5, 5.41) is 7.83. The van der Waals surface area contributed by atoms with Crippen molar-refractivity contribution in [2.45, 2.75) is 19.8 Å². The van der Waals surface area contributed by atoms with Gasteiger partial charge in [-0.05, 0) is 18.6 Å². The summed E-state index contributed by atoms with van der Waals surface area (Å²) < 4.78 is 5.45. The van der Waals surface area contributed by atoms with Gasteiger partial charge in [0.2, 0.25) is 5.89 Å². The minimum absolute atomic E-state index is 0.298. The Morgan fingerprint density at radius 3 is 2.75 bits per heavy atom. The second kappa shape index (κ2) is 4.18. The topological polar surface area (TPSA) is 104 Å². The Morgan fingerprint density at radius 1 is 1.25 bits per heavy atom. The van der Waals surface area contributed by atoms with Crippen LogP contribution in [0.1, 0.15) is 19.2 Å². The maximum absolute atomic E-state index is 5.72. The van der Waals surface area contributed by atoms with Crippen LogP contribution >= 0.6 is 0 Å². The first-order valence-corrected chi connectivity index (χ1v) is 5.05. The fourth-order valence-electron chi connectivity index (χ4n) is 1.35. The minimum atomic E-state index is 0.298. The van der Waals surface area contributed by atoms with Gasteiger partial charge in [-0.25, -0.2) is 4.98 Å². The summed E-state index contributed by atoms with van der Waals surface area (Å²) in [5.41, 5.74) is 11.8. The molecule has 0 fully saturated rings. The van der Waals surface area contributed by atoms with Crippen molar-refractivity contribution in [2.75, 3.05) is 11.5 Å². The number of aryl methyl sites for hydroxylation is 1. The Kier molecular flexibility index (Phi) is 2.72. The number of hydrogen-bond acceptors (Lipinski definition) is 6. The third kappa shape index (κ3) is 1.95. The summed E-state index contributed by atoms with van der Waals surface area (Å²) in [6, 6.07) is 3.37. The molecule has 0 saturated heterocycles. The molecule has 0 amide bonds. The lowest BCUT2D eigenvalue weighted by atomic mass is 10.2. The van der Waals surface area contributed by atoms with E-state index in [1.54, 1.807) is 12.1 Å². The summed E-state index contributed by atoms with van der Waals surface area (Å²) in [6.45, 7) is 2.04. The highest BCUT2D eigenvalue weighted by Gasteiger charge is 2.11. The van der Waals surface area contributed by atoms with E-state index in [1.165, 1.54) is 0 Å². The fraction of sp³-hybridized carbons (Fsp3) is 0.300. The first kappa shape index (κ1) is 10.4. The van der Waals surface area contributed by atoms with Crippen molar-refractivity contribution >= 4 is 11.6 Å². The van der Waals surface area contributed by atoms with Gasteiger partial charge in [0.1, 0.15) is 11.6 Å². The van der Waals surface area contributed by atoms with E-state index in [0.29, 0.717) is 29.0 Å². The Hall–Kier alpha value is -2.11. The number of nitrogens with zero attached hydrogens (tertiary/aromatic N) is 3. The van der Waals surface area contributed by atoms with Crippen molar-refractivity contribution in [3.05, 3.63) is 18.0 Å². The van der Waals surface area contributed by atoms with Crippen molar-refractivity contribution in [3.63, 3.8) is 0 Å². The van der Waals surface area contributed by atoms with Gasteiger partial charge in [0.25, 0.3) is 5.89 Å². The molecule has 0 bridgehead atoms. The highest BCUT2D eigenvalue weighted by Crippen LogP contribution is 2.24. The van der Waals surface area contributed by atoms with Gasteiger partial charge in [0, 0.05) is 6.42 Å². The predicted octanol–water partition coefficient (Wildman–Crippen LogP) is 1.25. The summed E-state index contributed by atoms with van der Waals surface area (Å²) in [5.74, 6) is 1.66. The zero-order valence-corrected chi connectivity index (χ0v) is 8.97. The number of pyridine rings is 1. The molecule has 2 aromatic rings. The van der Waals surface area contributed by atoms with Crippen LogP contribution in [0.25, 0.3) is 11.5 Å². The van der Waals surface area contributed by atoms with Gasteiger partial charge in [-0.15, -0.1) is 10.2 Å². The van der Waals surface area contributed by atoms with E-state index in [4.69, 9.17) is 15.9 Å². The standard InChI is InChI=1S/C10H13N5O/c1-2-3-8-14-15-10(16-8)6-4-5-7(11)13-9(6)12/h4-5H,2-3H2,1H3,(H4,11,12,13). The number of nitrogen functional groups attached to an aromatic ring is 2. The molecule has 0 radical (unpaired) electrons. The van der Waals surface area contributed by atoms with E-state index < -0.39 is 0 Å². The van der Waals surface area contributed by atoms with Crippen LogP contribution in [0.3, 0.4) is 0 Å². The molecule has 0 aromatic carbocycles. The zero-order valence-electron chi connectivity index (χ0n) is 8.97. The van der Waals surface area contributed by atoms with E-state index in [9.17, 15) is 0 Å². The Labute approximate surface area is 92.7 Å². The van der Waals surface area contributed by atoms with Crippen molar-refractivity contribution in [3.8, 4) is 11.5 Å². The maximum atomic E-state index is 5.72. The van der Waals surface area contributed by atoms with Crippen molar-refractivity contribution in [1.29, 1.82) is 0 Å². The zero-order chi connectivity index (χ0) is 11.5. The Bertz CT molecular complexity index is 494. The monoisotopic (exact) mass is 219 g/mol. The average molecular weight is 219 g/mol. The predicted molar refractivity (Wildman–Crippen MR) is 60.3 cm³/mol. The summed E-state index contributed by atoms with van der Waals surface area (Å²) in [4.78, 5) is 3.93. The molecule has 0 unspecified atom stereocenters. The van der Waals surface area contributed by atoms with Crippen molar-refractivity contribution < 1.29 is 4.42 Å². The van der Waals surface area contributed by atoms with E-state index in [1.807, 2.05) is 6.92 Å². The molecule has 0 aliphatic rings. The van der Waals surface area contributed by atoms with Gasteiger partial charge in [0.15, 0.2) is 0 Å². The average Bonchev–Trinajstić information content (AvgIpc) is 2.67. The van der Waals surface area contributed by atoms with Gasteiger partial charge in [-0.3, -0.25) is 0 Å². The Balaban J connectivity index is 2.35. The van der Waals surface area contributed by atoms with Crippen LogP contribution in [0, 0.1) is 0 Å². The lowest BCUT2D eigenvalue weighted by molar-refractivity contribution is 0.502. The summed E-state index contributed by atoms with van der Waals surface area (Å²) in [7, 11) is 0. The van der Waals surface area contributed by atoms with Gasteiger partial charge >= 0.3 is 0 Å². The first-order chi connectivity index (χ1) is 7.70. The lowest BCUT2D eigenvalue weighted by Crippen LogP contribution is -1.98. The first-order valence-electron chi connectivity index (χ1n) is 5.05. The maximum Gasteiger partial charge on any atom is 0.251 e. The smallest absolute Gasteiger partial charge is 0.251 e. The molecule has 4 N–H and O–H groups in total. The van der Waals surface area contributed by atoms with Crippen LogP contribution in [-0.2, 0) is 6.42 Å². The van der Waals surface area contributed by atoms with Crippen LogP contribution in [0.2, 0.25) is 0 Å². The highest BCUT2D eigenvalue weighted by molar-refractivity contribution is 5.68. The fourth-order valence-corrected chi connectivity index (χ4v) is 1.35. The quantitative estimate of drug-likeness (QED) is 0.805. The van der Waals surface area contributed by atoms with Crippen LogP contribution in [0.5, 0.6) is 0 Å². The molecule has 2 aromatic heterocycles. The largest absolute Gasteiger partial charge is 0.421 e. The molecule has 0 aliphatic carbocycles. The number of anilines is 2. The van der Waals surface area contributed by atoms with Crippen LogP contribution in [-0.4, -0.2) is 15.2 Å². The minimum Gasteiger partial charge on any atom is -0.421 e. The third-order valence-corrected chi connectivity index (χ3v) is 2.11. The van der Waals surface area contributed by atoms with Gasteiger partial charge in [0.05, 0.1) is 5.56 Å². The van der Waals surface area contributed by atoms with Crippen molar-refractivity contribution in [1.82, 2.24) is 15.2 Å². The molecule has 0 aliphatic heterocycles. The summed E-state index contributed by atoms with van der Waals surface area (Å²) in [6.07, 6.45) is 1.71. The molecule has 0 saturated carbocycles. The third-order valence-electron chi connectivity index (χ3n) is 2.11. The second-order valence-corrected chi connectivity index (χ2v) is 3.42. The molecule has 0 atom stereocenters. The molecule has 2 rings (SSSR count). The summed E-state index contributed by atoms with van der Waals surface area (Å²) >= 11 is 0.